The number of anilines is 1. The number of carbonyl (C=O) groups excluding carboxylic acids is 1. The van der Waals surface area contributed by atoms with Crippen LogP contribution in [-0.4, -0.2) is 16.1 Å². The Balaban J connectivity index is 1.82. The standard InChI is InChI=1S/C15H10N4O/c16-8-10-1-3-11(4-2-10)15(20)18-13-6-5-12-9-17-19-14(12)7-13/h1-7,9H,(H,17,19)(H,18,20). The summed E-state index contributed by atoms with van der Waals surface area (Å²) in [6.07, 6.45) is 1.72. The number of nitrogens with one attached hydrogen (secondary N) is 2. The number of nitriles is 1. The van der Waals surface area contributed by atoms with Gasteiger partial charge in [0.05, 0.1) is 23.3 Å². The molecule has 0 aliphatic rings. The molecular formula is C15H10N4O. The zero-order valence-corrected chi connectivity index (χ0v) is 10.4. The van der Waals surface area contributed by atoms with Gasteiger partial charge in [0.25, 0.3) is 5.91 Å². The number of benzene rings is 2. The van der Waals surface area contributed by atoms with Gasteiger partial charge in [0.15, 0.2) is 0 Å². The minimum Gasteiger partial charge on any atom is -0.322 e. The molecule has 0 bridgehead atoms. The topological polar surface area (TPSA) is 81.6 Å². The molecule has 3 aromatic rings. The molecule has 0 aliphatic heterocycles. The minimum atomic E-state index is -0.214. The fraction of sp³-hybridized carbons (Fsp3) is 0. The molecule has 2 N–H and O–H groups in total. The largest absolute Gasteiger partial charge is 0.322 e. The van der Waals surface area contributed by atoms with Gasteiger partial charge in [-0.25, -0.2) is 0 Å². The quantitative estimate of drug-likeness (QED) is 0.745. The molecule has 1 aromatic heterocycles. The van der Waals surface area contributed by atoms with Gasteiger partial charge in [-0.3, -0.25) is 9.89 Å². The first-order valence-electron chi connectivity index (χ1n) is 6.01. The van der Waals surface area contributed by atoms with Gasteiger partial charge in [-0.2, -0.15) is 10.4 Å². The van der Waals surface area contributed by atoms with E-state index in [0.29, 0.717) is 16.8 Å². The van der Waals surface area contributed by atoms with Gasteiger partial charge in [-0.15, -0.1) is 0 Å². The fourth-order valence-electron chi connectivity index (χ4n) is 1.91. The van der Waals surface area contributed by atoms with Crippen molar-refractivity contribution >= 4 is 22.5 Å². The monoisotopic (exact) mass is 262 g/mol. The van der Waals surface area contributed by atoms with E-state index >= 15 is 0 Å². The van der Waals surface area contributed by atoms with E-state index in [9.17, 15) is 4.79 Å². The Morgan fingerprint density at radius 1 is 1.20 bits per heavy atom. The zero-order valence-electron chi connectivity index (χ0n) is 10.4. The number of hydrogen-bond acceptors (Lipinski definition) is 3. The van der Waals surface area contributed by atoms with Gasteiger partial charge in [0.1, 0.15) is 0 Å². The van der Waals surface area contributed by atoms with Crippen LogP contribution in [0.3, 0.4) is 0 Å². The molecule has 3 rings (SSSR count). The second-order valence-corrected chi connectivity index (χ2v) is 4.32. The van der Waals surface area contributed by atoms with Gasteiger partial charge < -0.3 is 5.32 Å². The summed E-state index contributed by atoms with van der Waals surface area (Å²) in [6.45, 7) is 0. The van der Waals surface area contributed by atoms with Crippen LogP contribution in [0.15, 0.2) is 48.7 Å². The molecule has 20 heavy (non-hydrogen) atoms. The molecule has 5 nitrogen and oxygen atoms in total. The van der Waals surface area contributed by atoms with Crippen molar-refractivity contribution in [2.24, 2.45) is 0 Å². The van der Waals surface area contributed by atoms with Gasteiger partial charge >= 0.3 is 0 Å². The summed E-state index contributed by atoms with van der Waals surface area (Å²) in [4.78, 5) is 12.1. The van der Waals surface area contributed by atoms with Gasteiger partial charge in [-0.05, 0) is 42.5 Å². The van der Waals surface area contributed by atoms with E-state index in [1.165, 1.54) is 0 Å². The van der Waals surface area contributed by atoms with Gasteiger partial charge in [0.2, 0.25) is 0 Å². The third kappa shape index (κ3) is 2.22. The SMILES string of the molecule is N#Cc1ccc(C(=O)Nc2ccc3cn[nH]c3c2)cc1. The Morgan fingerprint density at radius 2 is 2.00 bits per heavy atom. The normalized spacial score (nSPS) is 10.2. The summed E-state index contributed by atoms with van der Waals surface area (Å²) in [7, 11) is 0. The lowest BCUT2D eigenvalue weighted by Gasteiger charge is -2.05. The van der Waals surface area contributed by atoms with Gasteiger partial charge in [-0.1, -0.05) is 0 Å². The third-order valence-electron chi connectivity index (χ3n) is 2.98. The summed E-state index contributed by atoms with van der Waals surface area (Å²) in [5.41, 5.74) is 2.59. The summed E-state index contributed by atoms with van der Waals surface area (Å²) in [5, 5.41) is 19.3. The summed E-state index contributed by atoms with van der Waals surface area (Å²) < 4.78 is 0. The summed E-state index contributed by atoms with van der Waals surface area (Å²) >= 11 is 0. The highest BCUT2D eigenvalue weighted by molar-refractivity contribution is 6.05. The van der Waals surface area contributed by atoms with E-state index in [1.807, 2.05) is 24.3 Å². The molecule has 0 atom stereocenters. The first-order chi connectivity index (χ1) is 9.76. The molecule has 0 aliphatic carbocycles. The van der Waals surface area contributed by atoms with Crippen LogP contribution in [0.2, 0.25) is 0 Å². The molecule has 0 saturated heterocycles. The third-order valence-corrected chi connectivity index (χ3v) is 2.98. The van der Waals surface area contributed by atoms with E-state index < -0.39 is 0 Å². The van der Waals surface area contributed by atoms with Crippen LogP contribution in [0.4, 0.5) is 5.69 Å². The van der Waals surface area contributed by atoms with Crippen molar-refractivity contribution in [3.63, 3.8) is 0 Å². The predicted octanol–water partition coefficient (Wildman–Crippen LogP) is 2.69. The van der Waals surface area contributed by atoms with Crippen molar-refractivity contribution in [1.82, 2.24) is 10.2 Å². The number of aromatic amines is 1. The second-order valence-electron chi connectivity index (χ2n) is 4.32. The molecular weight excluding hydrogens is 252 g/mol. The van der Waals surface area contributed by atoms with Crippen molar-refractivity contribution < 1.29 is 4.79 Å². The van der Waals surface area contributed by atoms with E-state index in [4.69, 9.17) is 5.26 Å². The van der Waals surface area contributed by atoms with E-state index in [1.54, 1.807) is 30.5 Å². The van der Waals surface area contributed by atoms with E-state index in [0.717, 1.165) is 10.9 Å². The molecule has 5 heteroatoms. The molecule has 0 radical (unpaired) electrons. The lowest BCUT2D eigenvalue weighted by atomic mass is 10.1. The lowest BCUT2D eigenvalue weighted by Crippen LogP contribution is -2.11. The maximum atomic E-state index is 12.1. The number of nitrogens with zero attached hydrogens (tertiary/aromatic N) is 2. The van der Waals surface area contributed by atoms with Crippen LogP contribution < -0.4 is 5.32 Å². The molecule has 0 unspecified atom stereocenters. The predicted molar refractivity (Wildman–Crippen MR) is 75.2 cm³/mol. The van der Waals surface area contributed by atoms with Crippen molar-refractivity contribution in [2.75, 3.05) is 5.32 Å². The lowest BCUT2D eigenvalue weighted by molar-refractivity contribution is 0.102. The molecule has 96 valence electrons. The minimum absolute atomic E-state index is 0.214. The van der Waals surface area contributed by atoms with E-state index in [-0.39, 0.29) is 5.91 Å². The summed E-state index contributed by atoms with van der Waals surface area (Å²) in [5.74, 6) is -0.214. The van der Waals surface area contributed by atoms with Crippen LogP contribution >= 0.6 is 0 Å². The number of rotatable bonds is 2. The van der Waals surface area contributed by atoms with Crippen molar-refractivity contribution in [2.45, 2.75) is 0 Å². The van der Waals surface area contributed by atoms with Gasteiger partial charge in [0, 0.05) is 16.6 Å². The Bertz CT molecular complexity index is 812. The highest BCUT2D eigenvalue weighted by Crippen LogP contribution is 2.17. The van der Waals surface area contributed by atoms with E-state index in [2.05, 4.69) is 15.5 Å². The number of fused-ring (bicyclic) bond motifs is 1. The second kappa shape index (κ2) is 4.86. The first kappa shape index (κ1) is 11.9. The molecule has 0 saturated carbocycles. The van der Waals surface area contributed by atoms with Crippen LogP contribution in [0.1, 0.15) is 15.9 Å². The number of H-pyrrole nitrogens is 1. The maximum absolute atomic E-state index is 12.1. The molecule has 0 spiro atoms. The Hall–Kier alpha value is -3.13. The zero-order chi connectivity index (χ0) is 13.9. The fourth-order valence-corrected chi connectivity index (χ4v) is 1.91. The molecule has 0 fully saturated rings. The van der Waals surface area contributed by atoms with Crippen LogP contribution in [-0.2, 0) is 0 Å². The van der Waals surface area contributed by atoms with Crippen molar-refractivity contribution in [3.05, 3.63) is 59.8 Å². The number of aromatic nitrogens is 2. The van der Waals surface area contributed by atoms with Crippen molar-refractivity contribution in [3.8, 4) is 6.07 Å². The highest BCUT2D eigenvalue weighted by Gasteiger charge is 2.06. The van der Waals surface area contributed by atoms with Crippen LogP contribution in [0.5, 0.6) is 0 Å². The average Bonchev–Trinajstić information content (AvgIpc) is 2.95. The number of hydrogen-bond donors (Lipinski definition) is 2. The number of amides is 1. The Kier molecular flexibility index (Phi) is 2.90. The summed E-state index contributed by atoms with van der Waals surface area (Å²) in [6, 6.07) is 14.0. The smallest absolute Gasteiger partial charge is 0.255 e. The Morgan fingerprint density at radius 3 is 2.75 bits per heavy atom. The van der Waals surface area contributed by atoms with Crippen molar-refractivity contribution in [1.29, 1.82) is 5.26 Å². The number of carbonyl (C=O) groups is 1. The first-order valence-corrected chi connectivity index (χ1v) is 6.01. The molecule has 1 amide bonds. The highest BCUT2D eigenvalue weighted by atomic mass is 16.1. The van der Waals surface area contributed by atoms with Crippen LogP contribution in [0, 0.1) is 11.3 Å². The maximum Gasteiger partial charge on any atom is 0.255 e. The molecule has 1 heterocycles. The van der Waals surface area contributed by atoms with Crippen LogP contribution in [0.25, 0.3) is 10.9 Å². The molecule has 2 aromatic carbocycles. The average molecular weight is 262 g/mol. The Labute approximate surface area is 114 Å².